The van der Waals surface area contributed by atoms with Crippen LogP contribution in [0.5, 0.6) is 0 Å². The Labute approximate surface area is 154 Å². The van der Waals surface area contributed by atoms with Crippen molar-refractivity contribution in [3.63, 3.8) is 0 Å². The van der Waals surface area contributed by atoms with Crippen molar-refractivity contribution < 1.29 is 4.79 Å². The SMILES string of the molecule is CSc1ccc(Cl)c(C(=O)N[C@H](C)C23CC4CC(CC(C4)C2)C3)c1. The normalized spacial score (nSPS) is 35.0. The summed E-state index contributed by atoms with van der Waals surface area (Å²) in [6, 6.07) is 5.94. The molecule has 4 saturated carbocycles. The Balaban J connectivity index is 1.52. The molecule has 0 heterocycles. The standard InChI is InChI=1S/C20H26ClNOS/c1-12(20-9-13-5-14(10-20)7-15(6-13)11-20)22-19(23)17-8-16(24-2)3-4-18(17)21/h3-4,8,12-15H,5-7,9-11H2,1-2H3,(H,22,23)/t12-,13?,14?,15?,20?/m1/s1. The molecule has 0 aliphatic heterocycles. The summed E-state index contributed by atoms with van der Waals surface area (Å²) in [6.07, 6.45) is 10.2. The molecule has 1 N–H and O–H groups in total. The van der Waals surface area contributed by atoms with Crippen molar-refractivity contribution >= 4 is 29.3 Å². The Hall–Kier alpha value is -0.670. The van der Waals surface area contributed by atoms with Gasteiger partial charge in [-0.1, -0.05) is 11.6 Å². The van der Waals surface area contributed by atoms with Crippen molar-refractivity contribution in [2.75, 3.05) is 6.26 Å². The van der Waals surface area contributed by atoms with Crippen LogP contribution in [0.4, 0.5) is 0 Å². The first-order chi connectivity index (χ1) is 11.5. The van der Waals surface area contributed by atoms with E-state index in [0.717, 1.165) is 22.6 Å². The maximum absolute atomic E-state index is 12.8. The lowest BCUT2D eigenvalue weighted by Crippen LogP contribution is -2.55. The molecule has 4 fully saturated rings. The zero-order chi connectivity index (χ0) is 16.9. The summed E-state index contributed by atoms with van der Waals surface area (Å²) in [5.74, 6) is 2.69. The summed E-state index contributed by atoms with van der Waals surface area (Å²) in [5.41, 5.74) is 0.939. The topological polar surface area (TPSA) is 29.1 Å². The van der Waals surface area contributed by atoms with E-state index >= 15 is 0 Å². The lowest BCUT2D eigenvalue weighted by atomic mass is 9.48. The molecule has 4 heteroatoms. The molecule has 1 amide bonds. The van der Waals surface area contributed by atoms with Crippen LogP contribution in [-0.2, 0) is 0 Å². The molecule has 4 aliphatic rings. The van der Waals surface area contributed by atoms with Crippen molar-refractivity contribution in [3.05, 3.63) is 28.8 Å². The maximum Gasteiger partial charge on any atom is 0.253 e. The summed E-state index contributed by atoms with van der Waals surface area (Å²) in [5, 5.41) is 3.86. The second kappa shape index (κ2) is 6.25. The molecule has 0 radical (unpaired) electrons. The minimum Gasteiger partial charge on any atom is -0.349 e. The van der Waals surface area contributed by atoms with Gasteiger partial charge < -0.3 is 5.32 Å². The Morgan fingerprint density at radius 1 is 1.21 bits per heavy atom. The lowest BCUT2D eigenvalue weighted by Gasteiger charge is -2.59. The quantitative estimate of drug-likeness (QED) is 0.726. The van der Waals surface area contributed by atoms with Gasteiger partial charge in [0.1, 0.15) is 0 Å². The van der Waals surface area contributed by atoms with Gasteiger partial charge in [-0.25, -0.2) is 0 Å². The highest BCUT2D eigenvalue weighted by Crippen LogP contribution is 2.61. The van der Waals surface area contributed by atoms with Crippen molar-refractivity contribution in [2.24, 2.45) is 23.2 Å². The van der Waals surface area contributed by atoms with Gasteiger partial charge in [0.25, 0.3) is 5.91 Å². The molecule has 1 aromatic rings. The fraction of sp³-hybridized carbons (Fsp3) is 0.650. The van der Waals surface area contributed by atoms with Crippen LogP contribution in [0, 0.1) is 23.2 Å². The molecule has 5 rings (SSSR count). The highest BCUT2D eigenvalue weighted by Gasteiger charge is 2.53. The molecule has 4 bridgehead atoms. The summed E-state index contributed by atoms with van der Waals surface area (Å²) >= 11 is 7.92. The zero-order valence-electron chi connectivity index (χ0n) is 14.5. The smallest absolute Gasteiger partial charge is 0.253 e. The predicted octanol–water partition coefficient (Wildman–Crippen LogP) is 5.40. The minimum absolute atomic E-state index is 0.0147. The average molecular weight is 364 g/mol. The van der Waals surface area contributed by atoms with Gasteiger partial charge in [0.05, 0.1) is 10.6 Å². The molecule has 0 spiro atoms. The van der Waals surface area contributed by atoms with Gasteiger partial charge in [0.15, 0.2) is 0 Å². The first-order valence-corrected chi connectivity index (χ1v) is 10.7. The number of hydrogen-bond acceptors (Lipinski definition) is 2. The van der Waals surface area contributed by atoms with Gasteiger partial charge in [-0.2, -0.15) is 0 Å². The third-order valence-corrected chi connectivity index (χ3v) is 7.82. The number of thioether (sulfide) groups is 1. The van der Waals surface area contributed by atoms with Gasteiger partial charge in [-0.05, 0) is 93.1 Å². The number of amides is 1. The Bertz CT molecular complexity index is 624. The van der Waals surface area contributed by atoms with Crippen LogP contribution >= 0.6 is 23.4 Å². The molecule has 24 heavy (non-hydrogen) atoms. The van der Waals surface area contributed by atoms with E-state index in [1.54, 1.807) is 11.8 Å². The molecule has 0 aromatic heterocycles. The largest absolute Gasteiger partial charge is 0.349 e. The molecular weight excluding hydrogens is 338 g/mol. The molecule has 2 nitrogen and oxygen atoms in total. The summed E-state index contributed by atoms with van der Waals surface area (Å²) in [7, 11) is 0. The minimum atomic E-state index is -0.0147. The van der Waals surface area contributed by atoms with Crippen LogP contribution in [-0.4, -0.2) is 18.2 Å². The highest BCUT2D eigenvalue weighted by atomic mass is 35.5. The van der Waals surface area contributed by atoms with Crippen molar-refractivity contribution in [1.29, 1.82) is 0 Å². The Morgan fingerprint density at radius 3 is 2.33 bits per heavy atom. The van der Waals surface area contributed by atoms with E-state index in [1.165, 1.54) is 38.5 Å². The molecule has 0 unspecified atom stereocenters. The second-order valence-corrected chi connectivity index (χ2v) is 9.61. The van der Waals surface area contributed by atoms with Gasteiger partial charge in [-0.15, -0.1) is 11.8 Å². The van der Waals surface area contributed by atoms with E-state index in [9.17, 15) is 4.79 Å². The van der Waals surface area contributed by atoms with Crippen LogP contribution in [0.15, 0.2) is 23.1 Å². The van der Waals surface area contributed by atoms with Gasteiger partial charge in [-0.3, -0.25) is 4.79 Å². The molecule has 130 valence electrons. The molecule has 4 aliphatic carbocycles. The summed E-state index contributed by atoms with van der Waals surface area (Å²) in [4.78, 5) is 13.9. The van der Waals surface area contributed by atoms with Crippen LogP contribution in [0.1, 0.15) is 55.8 Å². The van der Waals surface area contributed by atoms with Crippen molar-refractivity contribution in [1.82, 2.24) is 5.32 Å². The number of hydrogen-bond donors (Lipinski definition) is 1. The Morgan fingerprint density at radius 2 is 1.79 bits per heavy atom. The third kappa shape index (κ3) is 2.88. The number of halogens is 1. The van der Waals surface area contributed by atoms with Gasteiger partial charge in [0.2, 0.25) is 0 Å². The fourth-order valence-electron chi connectivity index (χ4n) is 5.94. The number of benzene rings is 1. The first-order valence-electron chi connectivity index (χ1n) is 9.13. The summed E-state index contributed by atoms with van der Waals surface area (Å²) in [6.45, 7) is 2.22. The number of rotatable bonds is 4. The molecule has 1 atom stereocenters. The monoisotopic (exact) mass is 363 g/mol. The van der Waals surface area contributed by atoms with Gasteiger partial charge >= 0.3 is 0 Å². The average Bonchev–Trinajstić information content (AvgIpc) is 2.54. The highest BCUT2D eigenvalue weighted by molar-refractivity contribution is 7.98. The van der Waals surface area contributed by atoms with E-state index in [0.29, 0.717) is 16.0 Å². The van der Waals surface area contributed by atoms with Crippen LogP contribution in [0.25, 0.3) is 0 Å². The van der Waals surface area contributed by atoms with Crippen molar-refractivity contribution in [3.8, 4) is 0 Å². The molecule has 0 saturated heterocycles. The second-order valence-electron chi connectivity index (χ2n) is 8.32. The van der Waals surface area contributed by atoms with E-state index in [1.807, 2.05) is 24.5 Å². The molecule has 1 aromatic carbocycles. The molecular formula is C20H26ClNOS. The van der Waals surface area contributed by atoms with E-state index < -0.39 is 0 Å². The van der Waals surface area contributed by atoms with Crippen LogP contribution < -0.4 is 5.32 Å². The zero-order valence-corrected chi connectivity index (χ0v) is 16.1. The van der Waals surface area contributed by atoms with Gasteiger partial charge in [0, 0.05) is 10.9 Å². The fourth-order valence-corrected chi connectivity index (χ4v) is 6.58. The van der Waals surface area contributed by atoms with E-state index in [2.05, 4.69) is 12.2 Å². The summed E-state index contributed by atoms with van der Waals surface area (Å²) < 4.78 is 0. The number of carbonyl (C=O) groups excluding carboxylic acids is 1. The predicted molar refractivity (Wildman–Crippen MR) is 101 cm³/mol. The maximum atomic E-state index is 12.8. The Kier molecular flexibility index (Phi) is 4.37. The number of nitrogens with one attached hydrogen (secondary N) is 1. The van der Waals surface area contributed by atoms with Crippen LogP contribution in [0.3, 0.4) is 0 Å². The van der Waals surface area contributed by atoms with Crippen molar-refractivity contribution in [2.45, 2.75) is 56.4 Å². The van der Waals surface area contributed by atoms with E-state index in [4.69, 9.17) is 11.6 Å². The first kappa shape index (κ1) is 16.8. The third-order valence-electron chi connectivity index (χ3n) is 6.77. The van der Waals surface area contributed by atoms with E-state index in [-0.39, 0.29) is 11.9 Å². The van der Waals surface area contributed by atoms with Crippen LogP contribution in [0.2, 0.25) is 5.02 Å². The lowest BCUT2D eigenvalue weighted by molar-refractivity contribution is -0.0688. The number of carbonyl (C=O) groups is 1.